The van der Waals surface area contributed by atoms with Gasteiger partial charge in [0, 0.05) is 22.2 Å². The molecule has 1 atom stereocenters. The van der Waals surface area contributed by atoms with Crippen LogP contribution in [0.15, 0.2) is 22.7 Å². The van der Waals surface area contributed by atoms with E-state index < -0.39 is 0 Å². The Balaban J connectivity index is 2.68. The molecular weight excluding hydrogens is 312 g/mol. The first-order valence-corrected chi connectivity index (χ1v) is 7.61. The van der Waals surface area contributed by atoms with Crippen molar-refractivity contribution < 1.29 is 0 Å². The van der Waals surface area contributed by atoms with Gasteiger partial charge in [-0.1, -0.05) is 37.8 Å². The molecule has 18 heavy (non-hydrogen) atoms. The Morgan fingerprint density at radius 1 is 1.39 bits per heavy atom. The summed E-state index contributed by atoms with van der Waals surface area (Å²) in [5.74, 6) is 0. The molecule has 0 heterocycles. The quantitative estimate of drug-likeness (QED) is 0.703. The molecule has 0 fully saturated rings. The zero-order chi connectivity index (χ0) is 13.6. The van der Waals surface area contributed by atoms with Gasteiger partial charge in [-0.3, -0.25) is 0 Å². The standard InChI is InChI=1S/C14H22BrClN2/c1-3-4-5-8-14(2,10-17)18-11-6-7-12(15)13(16)9-11/h6-7,9,18H,3-5,8,10,17H2,1-2H3. The molecule has 0 saturated heterocycles. The number of rotatable bonds is 7. The lowest BCUT2D eigenvalue weighted by atomic mass is 9.94. The minimum atomic E-state index is -0.0632. The highest BCUT2D eigenvalue weighted by atomic mass is 79.9. The minimum absolute atomic E-state index is 0.0632. The van der Waals surface area contributed by atoms with Crippen molar-refractivity contribution in [1.82, 2.24) is 0 Å². The number of hydrogen-bond acceptors (Lipinski definition) is 2. The van der Waals surface area contributed by atoms with Crippen molar-refractivity contribution in [3.63, 3.8) is 0 Å². The molecule has 1 aromatic carbocycles. The van der Waals surface area contributed by atoms with Gasteiger partial charge in [-0.15, -0.1) is 0 Å². The lowest BCUT2D eigenvalue weighted by molar-refractivity contribution is 0.455. The Bertz CT molecular complexity index is 384. The van der Waals surface area contributed by atoms with Crippen LogP contribution in [-0.4, -0.2) is 12.1 Å². The van der Waals surface area contributed by atoms with Crippen molar-refractivity contribution in [2.24, 2.45) is 5.73 Å². The number of benzene rings is 1. The lowest BCUT2D eigenvalue weighted by Crippen LogP contribution is -2.42. The highest BCUT2D eigenvalue weighted by Gasteiger charge is 2.21. The van der Waals surface area contributed by atoms with Gasteiger partial charge in [-0.25, -0.2) is 0 Å². The van der Waals surface area contributed by atoms with Gasteiger partial charge in [-0.2, -0.15) is 0 Å². The molecule has 0 spiro atoms. The predicted molar refractivity (Wildman–Crippen MR) is 84.4 cm³/mol. The van der Waals surface area contributed by atoms with Crippen LogP contribution in [0.25, 0.3) is 0 Å². The maximum atomic E-state index is 6.09. The Kier molecular flexibility index (Phi) is 6.47. The molecule has 0 bridgehead atoms. The molecule has 1 unspecified atom stereocenters. The van der Waals surface area contributed by atoms with Crippen LogP contribution in [0.1, 0.15) is 39.5 Å². The van der Waals surface area contributed by atoms with E-state index in [4.69, 9.17) is 17.3 Å². The van der Waals surface area contributed by atoms with E-state index in [2.05, 4.69) is 35.1 Å². The summed E-state index contributed by atoms with van der Waals surface area (Å²) in [4.78, 5) is 0. The van der Waals surface area contributed by atoms with Crippen molar-refractivity contribution in [2.75, 3.05) is 11.9 Å². The van der Waals surface area contributed by atoms with Gasteiger partial charge in [0.25, 0.3) is 0 Å². The molecule has 1 rings (SSSR count). The van der Waals surface area contributed by atoms with Gasteiger partial charge in [-0.05, 0) is 47.5 Å². The van der Waals surface area contributed by atoms with Crippen LogP contribution in [0, 0.1) is 0 Å². The number of anilines is 1. The molecule has 0 aliphatic rings. The van der Waals surface area contributed by atoms with E-state index in [1.807, 2.05) is 18.2 Å². The summed E-state index contributed by atoms with van der Waals surface area (Å²) in [6.45, 7) is 4.99. The van der Waals surface area contributed by atoms with Crippen LogP contribution < -0.4 is 11.1 Å². The second kappa shape index (κ2) is 7.37. The van der Waals surface area contributed by atoms with Crippen molar-refractivity contribution in [2.45, 2.75) is 45.1 Å². The van der Waals surface area contributed by atoms with Gasteiger partial charge in [0.2, 0.25) is 0 Å². The SMILES string of the molecule is CCCCCC(C)(CN)Nc1ccc(Br)c(Cl)c1. The fourth-order valence-electron chi connectivity index (χ4n) is 1.90. The largest absolute Gasteiger partial charge is 0.379 e. The van der Waals surface area contributed by atoms with E-state index in [0.717, 1.165) is 16.6 Å². The maximum Gasteiger partial charge on any atom is 0.0568 e. The van der Waals surface area contributed by atoms with Gasteiger partial charge >= 0.3 is 0 Å². The van der Waals surface area contributed by atoms with Crippen LogP contribution in [0.3, 0.4) is 0 Å². The third-order valence-corrected chi connectivity index (χ3v) is 4.38. The molecule has 0 aromatic heterocycles. The number of nitrogens with one attached hydrogen (secondary N) is 1. The first kappa shape index (κ1) is 15.8. The summed E-state index contributed by atoms with van der Waals surface area (Å²) < 4.78 is 0.912. The summed E-state index contributed by atoms with van der Waals surface area (Å²) in [6.07, 6.45) is 4.75. The molecule has 0 radical (unpaired) electrons. The zero-order valence-electron chi connectivity index (χ0n) is 11.1. The molecule has 102 valence electrons. The van der Waals surface area contributed by atoms with E-state index in [0.29, 0.717) is 11.6 Å². The molecule has 0 aliphatic heterocycles. The number of unbranched alkanes of at least 4 members (excludes halogenated alkanes) is 2. The van der Waals surface area contributed by atoms with Crippen molar-refractivity contribution in [3.8, 4) is 0 Å². The maximum absolute atomic E-state index is 6.09. The third kappa shape index (κ3) is 4.79. The summed E-state index contributed by atoms with van der Waals surface area (Å²) in [5.41, 5.74) is 6.86. The smallest absolute Gasteiger partial charge is 0.0568 e. The average Bonchev–Trinajstić information content (AvgIpc) is 2.34. The van der Waals surface area contributed by atoms with Crippen LogP contribution in [0.2, 0.25) is 5.02 Å². The summed E-state index contributed by atoms with van der Waals surface area (Å²) in [7, 11) is 0. The first-order valence-electron chi connectivity index (χ1n) is 6.44. The van der Waals surface area contributed by atoms with Crippen molar-refractivity contribution in [1.29, 1.82) is 0 Å². The predicted octanol–water partition coefficient (Wildman–Crippen LogP) is 4.81. The molecule has 4 heteroatoms. The third-order valence-electron chi connectivity index (χ3n) is 3.15. The van der Waals surface area contributed by atoms with E-state index >= 15 is 0 Å². The van der Waals surface area contributed by atoms with Crippen LogP contribution in [0.4, 0.5) is 5.69 Å². The number of hydrogen-bond donors (Lipinski definition) is 2. The topological polar surface area (TPSA) is 38.0 Å². The highest BCUT2D eigenvalue weighted by molar-refractivity contribution is 9.10. The van der Waals surface area contributed by atoms with Gasteiger partial charge < -0.3 is 11.1 Å². The van der Waals surface area contributed by atoms with Gasteiger partial charge in [0.1, 0.15) is 0 Å². The van der Waals surface area contributed by atoms with Crippen LogP contribution in [-0.2, 0) is 0 Å². The monoisotopic (exact) mass is 332 g/mol. The Morgan fingerprint density at radius 3 is 2.67 bits per heavy atom. The lowest BCUT2D eigenvalue weighted by Gasteiger charge is -2.31. The molecule has 2 nitrogen and oxygen atoms in total. The Hall–Kier alpha value is -0.250. The zero-order valence-corrected chi connectivity index (χ0v) is 13.4. The van der Waals surface area contributed by atoms with Crippen molar-refractivity contribution >= 4 is 33.2 Å². The number of nitrogens with two attached hydrogens (primary N) is 1. The molecule has 0 aliphatic carbocycles. The van der Waals surface area contributed by atoms with E-state index in [9.17, 15) is 0 Å². The fourth-order valence-corrected chi connectivity index (χ4v) is 2.33. The second-order valence-corrected chi connectivity index (χ2v) is 6.24. The highest BCUT2D eigenvalue weighted by Crippen LogP contribution is 2.28. The van der Waals surface area contributed by atoms with Gasteiger partial charge in [0.05, 0.1) is 5.02 Å². The first-order chi connectivity index (χ1) is 8.50. The average molecular weight is 334 g/mol. The fraction of sp³-hybridized carbons (Fsp3) is 0.571. The summed E-state index contributed by atoms with van der Waals surface area (Å²) >= 11 is 9.49. The van der Waals surface area contributed by atoms with Crippen LogP contribution in [0.5, 0.6) is 0 Å². The minimum Gasteiger partial charge on any atom is -0.379 e. The Morgan fingerprint density at radius 2 is 2.11 bits per heavy atom. The van der Waals surface area contributed by atoms with E-state index in [-0.39, 0.29) is 5.54 Å². The molecule has 0 saturated carbocycles. The van der Waals surface area contributed by atoms with Crippen LogP contribution >= 0.6 is 27.5 Å². The van der Waals surface area contributed by atoms with E-state index in [1.165, 1.54) is 19.3 Å². The van der Waals surface area contributed by atoms with Gasteiger partial charge in [0.15, 0.2) is 0 Å². The summed E-state index contributed by atoms with van der Waals surface area (Å²) in [5, 5.41) is 4.22. The number of halogens is 2. The van der Waals surface area contributed by atoms with E-state index in [1.54, 1.807) is 0 Å². The Labute approximate surface area is 123 Å². The normalized spacial score (nSPS) is 14.3. The molecule has 0 amide bonds. The summed E-state index contributed by atoms with van der Waals surface area (Å²) in [6, 6.07) is 5.90. The molecule has 3 N–H and O–H groups in total. The molecule has 1 aromatic rings. The van der Waals surface area contributed by atoms with Crippen molar-refractivity contribution in [3.05, 3.63) is 27.7 Å². The molecular formula is C14H22BrClN2. The second-order valence-electron chi connectivity index (χ2n) is 4.98.